The Bertz CT molecular complexity index is 602. The van der Waals surface area contributed by atoms with Gasteiger partial charge in [0, 0.05) is 18.7 Å². The van der Waals surface area contributed by atoms with Gasteiger partial charge in [0.15, 0.2) is 0 Å². The first-order chi connectivity index (χ1) is 9.65. The molecule has 0 aliphatic rings. The monoisotopic (exact) mass is 276 g/mol. The highest BCUT2D eigenvalue weighted by Gasteiger charge is 2.05. The molecular weight excluding hydrogens is 262 g/mol. The Morgan fingerprint density at radius 1 is 1.05 bits per heavy atom. The molecule has 2 aromatic carbocycles. The third-order valence-corrected chi connectivity index (χ3v) is 2.65. The van der Waals surface area contributed by atoms with Crippen molar-refractivity contribution in [1.29, 1.82) is 0 Å². The van der Waals surface area contributed by atoms with Crippen molar-refractivity contribution in [2.45, 2.75) is 6.42 Å². The predicted octanol–water partition coefficient (Wildman–Crippen LogP) is 3.41. The molecule has 20 heavy (non-hydrogen) atoms. The zero-order valence-corrected chi connectivity index (χ0v) is 10.7. The maximum absolute atomic E-state index is 13.3. The minimum Gasteiger partial charge on any atom is -0.384 e. The van der Waals surface area contributed by atoms with Crippen molar-refractivity contribution in [3.8, 4) is 0 Å². The van der Waals surface area contributed by atoms with Crippen molar-refractivity contribution in [3.63, 3.8) is 0 Å². The molecule has 104 valence electrons. The molecule has 0 radical (unpaired) electrons. The summed E-state index contributed by atoms with van der Waals surface area (Å²) < 4.78 is 26.2. The minimum absolute atomic E-state index is 0.156. The van der Waals surface area contributed by atoms with Crippen molar-refractivity contribution < 1.29 is 13.6 Å². The molecule has 0 aliphatic carbocycles. The minimum atomic E-state index is -0.473. The van der Waals surface area contributed by atoms with Crippen molar-refractivity contribution in [2.24, 2.45) is 0 Å². The summed E-state index contributed by atoms with van der Waals surface area (Å²) in [6.07, 6.45) is 0.158. The number of hydrogen-bond acceptors (Lipinski definition) is 2. The zero-order valence-electron chi connectivity index (χ0n) is 10.7. The lowest BCUT2D eigenvalue weighted by Crippen LogP contribution is -2.16. The van der Waals surface area contributed by atoms with E-state index < -0.39 is 5.82 Å². The molecule has 0 aromatic heterocycles. The first kappa shape index (κ1) is 14.0. The van der Waals surface area contributed by atoms with Gasteiger partial charge in [0.05, 0.1) is 5.69 Å². The van der Waals surface area contributed by atoms with Crippen LogP contribution in [-0.4, -0.2) is 12.5 Å². The lowest BCUT2D eigenvalue weighted by molar-refractivity contribution is -0.116. The molecule has 0 saturated heterocycles. The maximum atomic E-state index is 13.3. The van der Waals surface area contributed by atoms with Gasteiger partial charge in [-0.05, 0) is 30.3 Å². The topological polar surface area (TPSA) is 41.1 Å². The number of carbonyl (C=O) groups is 1. The van der Waals surface area contributed by atoms with Gasteiger partial charge in [0.25, 0.3) is 0 Å². The van der Waals surface area contributed by atoms with E-state index in [4.69, 9.17) is 0 Å². The van der Waals surface area contributed by atoms with Crippen LogP contribution in [0.2, 0.25) is 0 Å². The van der Waals surface area contributed by atoms with Crippen molar-refractivity contribution in [3.05, 3.63) is 60.2 Å². The van der Waals surface area contributed by atoms with Gasteiger partial charge in [-0.3, -0.25) is 4.79 Å². The van der Waals surface area contributed by atoms with E-state index in [2.05, 4.69) is 10.6 Å². The molecule has 0 spiro atoms. The fraction of sp³-hybridized carbons (Fsp3) is 0.133. The summed E-state index contributed by atoms with van der Waals surface area (Å²) in [6, 6.07) is 11.9. The van der Waals surface area contributed by atoms with Gasteiger partial charge < -0.3 is 10.6 Å². The summed E-state index contributed by atoms with van der Waals surface area (Å²) in [6.45, 7) is 0.337. The lowest BCUT2D eigenvalue weighted by atomic mass is 10.2. The molecule has 0 saturated carbocycles. The van der Waals surface area contributed by atoms with Crippen LogP contribution in [0.4, 0.5) is 20.2 Å². The van der Waals surface area contributed by atoms with Crippen LogP contribution in [0.1, 0.15) is 6.42 Å². The average molecular weight is 276 g/mol. The predicted molar refractivity (Wildman–Crippen MR) is 74.5 cm³/mol. The van der Waals surface area contributed by atoms with Gasteiger partial charge in [-0.2, -0.15) is 0 Å². The summed E-state index contributed by atoms with van der Waals surface area (Å²) in [5.74, 6) is -1.12. The van der Waals surface area contributed by atoms with E-state index in [1.807, 2.05) is 0 Å². The van der Waals surface area contributed by atoms with Crippen LogP contribution in [-0.2, 0) is 4.79 Å². The quantitative estimate of drug-likeness (QED) is 0.878. The number of carbonyl (C=O) groups excluding carboxylic acids is 1. The Morgan fingerprint density at radius 2 is 1.85 bits per heavy atom. The number of hydrogen-bond donors (Lipinski definition) is 2. The van der Waals surface area contributed by atoms with Crippen molar-refractivity contribution >= 4 is 17.3 Å². The molecule has 0 fully saturated rings. The Hall–Kier alpha value is -2.43. The summed E-state index contributed by atoms with van der Waals surface area (Å²) >= 11 is 0. The Kier molecular flexibility index (Phi) is 4.65. The van der Waals surface area contributed by atoms with Gasteiger partial charge in [-0.15, -0.1) is 0 Å². The highest BCUT2D eigenvalue weighted by atomic mass is 19.1. The highest BCUT2D eigenvalue weighted by molar-refractivity contribution is 5.91. The van der Waals surface area contributed by atoms with Crippen molar-refractivity contribution in [2.75, 3.05) is 17.2 Å². The SMILES string of the molecule is O=C(CCNc1cccc(F)c1)Nc1ccccc1F. The Morgan fingerprint density at radius 3 is 2.60 bits per heavy atom. The molecule has 0 heterocycles. The maximum Gasteiger partial charge on any atom is 0.226 e. The molecule has 0 unspecified atom stereocenters. The van der Waals surface area contributed by atoms with Gasteiger partial charge in [-0.25, -0.2) is 8.78 Å². The number of halogens is 2. The fourth-order valence-electron chi connectivity index (χ4n) is 1.69. The zero-order chi connectivity index (χ0) is 14.4. The molecule has 2 N–H and O–H groups in total. The standard InChI is InChI=1S/C15H14F2N2O/c16-11-4-3-5-12(10-11)18-9-8-15(20)19-14-7-2-1-6-13(14)17/h1-7,10,18H,8-9H2,(H,19,20). The molecule has 3 nitrogen and oxygen atoms in total. The van der Waals surface area contributed by atoms with Crippen LogP contribution >= 0.6 is 0 Å². The first-order valence-corrected chi connectivity index (χ1v) is 6.19. The van der Waals surface area contributed by atoms with E-state index >= 15 is 0 Å². The Labute approximate surface area is 115 Å². The molecule has 5 heteroatoms. The number of nitrogens with one attached hydrogen (secondary N) is 2. The van der Waals surface area contributed by atoms with Crippen LogP contribution in [0.5, 0.6) is 0 Å². The number of para-hydroxylation sites is 1. The third kappa shape index (κ3) is 4.05. The van der Waals surface area contributed by atoms with E-state index in [1.54, 1.807) is 24.3 Å². The van der Waals surface area contributed by atoms with E-state index in [1.165, 1.54) is 24.3 Å². The Balaban J connectivity index is 1.80. The number of benzene rings is 2. The number of amides is 1. The molecule has 2 aromatic rings. The molecule has 0 aliphatic heterocycles. The van der Waals surface area contributed by atoms with Crippen LogP contribution in [0.3, 0.4) is 0 Å². The molecule has 0 bridgehead atoms. The summed E-state index contributed by atoms with van der Waals surface area (Å²) in [5.41, 5.74) is 0.756. The van der Waals surface area contributed by atoms with Gasteiger partial charge in [-0.1, -0.05) is 18.2 Å². The lowest BCUT2D eigenvalue weighted by Gasteiger charge is -2.08. The van der Waals surface area contributed by atoms with Crippen LogP contribution in [0, 0.1) is 11.6 Å². The molecule has 1 amide bonds. The van der Waals surface area contributed by atoms with E-state index in [0.29, 0.717) is 12.2 Å². The molecule has 2 rings (SSSR count). The van der Waals surface area contributed by atoms with Gasteiger partial charge in [0.1, 0.15) is 11.6 Å². The second-order valence-electron chi connectivity index (χ2n) is 4.22. The van der Waals surface area contributed by atoms with Gasteiger partial charge in [0.2, 0.25) is 5.91 Å². The van der Waals surface area contributed by atoms with E-state index in [-0.39, 0.29) is 23.8 Å². The molecule has 0 atom stereocenters. The van der Waals surface area contributed by atoms with E-state index in [0.717, 1.165) is 0 Å². The first-order valence-electron chi connectivity index (χ1n) is 6.19. The smallest absolute Gasteiger partial charge is 0.226 e. The largest absolute Gasteiger partial charge is 0.384 e. The highest BCUT2D eigenvalue weighted by Crippen LogP contribution is 2.13. The summed E-state index contributed by atoms with van der Waals surface area (Å²) in [4.78, 5) is 11.6. The number of rotatable bonds is 5. The van der Waals surface area contributed by atoms with Crippen molar-refractivity contribution in [1.82, 2.24) is 0 Å². The fourth-order valence-corrected chi connectivity index (χ4v) is 1.69. The van der Waals surface area contributed by atoms with Crippen LogP contribution < -0.4 is 10.6 Å². The molecular formula is C15H14F2N2O. The number of anilines is 2. The van der Waals surface area contributed by atoms with Crippen LogP contribution in [0.15, 0.2) is 48.5 Å². The summed E-state index contributed by atoms with van der Waals surface area (Å²) in [5, 5.41) is 5.40. The van der Waals surface area contributed by atoms with E-state index in [9.17, 15) is 13.6 Å². The van der Waals surface area contributed by atoms with Crippen LogP contribution in [0.25, 0.3) is 0 Å². The third-order valence-electron chi connectivity index (χ3n) is 2.65. The normalized spacial score (nSPS) is 10.1. The second kappa shape index (κ2) is 6.65. The van der Waals surface area contributed by atoms with Gasteiger partial charge >= 0.3 is 0 Å². The average Bonchev–Trinajstić information content (AvgIpc) is 2.41. The second-order valence-corrected chi connectivity index (χ2v) is 4.22. The summed E-state index contributed by atoms with van der Waals surface area (Å²) in [7, 11) is 0.